The van der Waals surface area contributed by atoms with E-state index < -0.39 is 78.1 Å². The van der Waals surface area contributed by atoms with Crippen LogP contribution in [0.25, 0.3) is 0 Å². The normalized spacial score (nSPS) is 27.1. The summed E-state index contributed by atoms with van der Waals surface area (Å²) in [6.07, 6.45) is -4.72. The summed E-state index contributed by atoms with van der Waals surface area (Å²) in [6, 6.07) is 0. The zero-order valence-corrected chi connectivity index (χ0v) is 24.2. The predicted molar refractivity (Wildman–Crippen MR) is 140 cm³/mol. The summed E-state index contributed by atoms with van der Waals surface area (Å²) >= 11 is 0. The Bertz CT molecular complexity index is 970. The minimum Gasteiger partial charge on any atom is -0.466 e. The van der Waals surface area contributed by atoms with Crippen LogP contribution in [0.2, 0.25) is 0 Å². The highest BCUT2D eigenvalue weighted by Crippen LogP contribution is 2.33. The molecule has 0 fully saturated rings. The van der Waals surface area contributed by atoms with Gasteiger partial charge in [0.25, 0.3) is 0 Å². The average Bonchev–Trinajstić information content (AvgIpc) is 2.84. The maximum absolute atomic E-state index is 13.1. The molecule has 0 aromatic rings. The molecule has 0 radical (unpaired) electrons. The Labute approximate surface area is 234 Å². The minimum absolute atomic E-state index is 0.0500. The van der Waals surface area contributed by atoms with Gasteiger partial charge in [0.05, 0.1) is 24.7 Å². The topological polar surface area (TPSA) is 172 Å². The van der Waals surface area contributed by atoms with Crippen LogP contribution in [0.4, 0.5) is 0 Å². The Balaban J connectivity index is 3.54. The summed E-state index contributed by atoms with van der Waals surface area (Å²) in [7, 11) is 0. The molecule has 2 N–H and O–H groups in total. The van der Waals surface area contributed by atoms with Crippen LogP contribution in [-0.4, -0.2) is 83.8 Å². The van der Waals surface area contributed by atoms with Crippen LogP contribution in [0.3, 0.4) is 0 Å². The van der Waals surface area contributed by atoms with E-state index >= 15 is 0 Å². The average molecular weight is 571 g/mol. The van der Waals surface area contributed by atoms with Crippen molar-refractivity contribution in [1.29, 1.82) is 0 Å². The molecular weight excluding hydrogens is 528 g/mol. The van der Waals surface area contributed by atoms with Gasteiger partial charge < -0.3 is 33.9 Å². The fraction of sp³-hybridized carbons (Fsp3) is 0.679. The third-order valence-corrected chi connectivity index (χ3v) is 6.65. The second-order valence-corrected chi connectivity index (χ2v) is 10.2. The van der Waals surface area contributed by atoms with Crippen molar-refractivity contribution in [3.05, 3.63) is 23.8 Å². The Morgan fingerprint density at radius 2 is 1.52 bits per heavy atom. The molecule has 0 bridgehead atoms. The number of aliphatic hydroxyl groups excluding tert-OH is 2. The molecule has 0 saturated carbocycles. The molecular formula is C28H42O12. The molecule has 0 aliphatic heterocycles. The van der Waals surface area contributed by atoms with Gasteiger partial charge in [-0.1, -0.05) is 19.6 Å². The fourth-order valence-electron chi connectivity index (χ4n) is 4.28. The summed E-state index contributed by atoms with van der Waals surface area (Å²) in [6.45, 7) is 13.3. The molecule has 0 unspecified atom stereocenters. The Morgan fingerprint density at radius 1 is 0.925 bits per heavy atom. The van der Waals surface area contributed by atoms with E-state index in [2.05, 4.69) is 6.58 Å². The number of esters is 5. The molecule has 0 heterocycles. The third kappa shape index (κ3) is 11.5. The van der Waals surface area contributed by atoms with Gasteiger partial charge >= 0.3 is 29.8 Å². The van der Waals surface area contributed by atoms with Crippen LogP contribution < -0.4 is 0 Å². The number of ether oxygens (including phenoxy) is 5. The summed E-state index contributed by atoms with van der Waals surface area (Å²) in [5.74, 6) is -5.20. The zero-order chi connectivity index (χ0) is 30.7. The van der Waals surface area contributed by atoms with Crippen molar-refractivity contribution >= 4 is 29.8 Å². The van der Waals surface area contributed by atoms with E-state index in [0.29, 0.717) is 5.57 Å². The minimum atomic E-state index is -1.39. The van der Waals surface area contributed by atoms with E-state index in [-0.39, 0.29) is 31.6 Å². The molecule has 0 saturated heterocycles. The maximum atomic E-state index is 13.1. The lowest BCUT2D eigenvalue weighted by Gasteiger charge is -2.36. The van der Waals surface area contributed by atoms with Crippen molar-refractivity contribution in [2.45, 2.75) is 91.8 Å². The molecule has 8 atom stereocenters. The summed E-state index contributed by atoms with van der Waals surface area (Å²) in [4.78, 5) is 59.3. The highest BCUT2D eigenvalue weighted by Gasteiger charge is 2.39. The predicted octanol–water partition coefficient (Wildman–Crippen LogP) is 1.79. The van der Waals surface area contributed by atoms with Gasteiger partial charge in [-0.15, -0.1) is 0 Å². The van der Waals surface area contributed by atoms with Crippen LogP contribution in [0.5, 0.6) is 0 Å². The lowest BCUT2D eigenvalue weighted by Crippen LogP contribution is -2.43. The lowest BCUT2D eigenvalue weighted by molar-refractivity contribution is -0.163. The quantitative estimate of drug-likeness (QED) is 0.222. The van der Waals surface area contributed by atoms with Gasteiger partial charge in [-0.05, 0) is 37.7 Å². The molecule has 12 heteroatoms. The first-order valence-electron chi connectivity index (χ1n) is 13.1. The highest BCUT2D eigenvalue weighted by atomic mass is 16.6. The molecule has 0 aromatic heterocycles. The van der Waals surface area contributed by atoms with Crippen molar-refractivity contribution in [2.75, 3.05) is 13.2 Å². The molecule has 226 valence electrons. The summed E-state index contributed by atoms with van der Waals surface area (Å²) in [5.41, 5.74) is 0.401. The van der Waals surface area contributed by atoms with E-state index in [4.69, 9.17) is 23.7 Å². The summed E-state index contributed by atoms with van der Waals surface area (Å²) < 4.78 is 26.5. The Hall–Kier alpha value is -3.25. The van der Waals surface area contributed by atoms with Crippen molar-refractivity contribution in [2.24, 2.45) is 17.8 Å². The van der Waals surface area contributed by atoms with E-state index in [1.165, 1.54) is 40.7 Å². The SMILES string of the molecule is C=C1[C@@H](OC(=O)[C@H](C)[C@@H](C)OC(C)=O)C[C@@H]([C@@H](C)COC(C)=O)[C@@H](O)/C=C(/COC(C)=O)C[C@H](O)[C@H]1OC(C)=O. The van der Waals surface area contributed by atoms with Gasteiger partial charge in [0.1, 0.15) is 18.8 Å². The van der Waals surface area contributed by atoms with E-state index in [0.717, 1.165) is 6.92 Å². The van der Waals surface area contributed by atoms with E-state index in [9.17, 15) is 34.2 Å². The van der Waals surface area contributed by atoms with Crippen LogP contribution in [0, 0.1) is 17.8 Å². The molecule has 0 amide bonds. The number of aliphatic hydroxyl groups is 2. The van der Waals surface area contributed by atoms with Crippen LogP contribution >= 0.6 is 0 Å². The summed E-state index contributed by atoms with van der Waals surface area (Å²) in [5, 5.41) is 22.3. The van der Waals surface area contributed by atoms with E-state index in [1.54, 1.807) is 6.92 Å². The molecule has 0 aromatic carbocycles. The first-order chi connectivity index (χ1) is 18.5. The molecule has 12 nitrogen and oxygen atoms in total. The van der Waals surface area contributed by atoms with Gasteiger partial charge in [0, 0.05) is 39.7 Å². The third-order valence-electron chi connectivity index (χ3n) is 6.65. The van der Waals surface area contributed by atoms with Crippen LogP contribution in [-0.2, 0) is 47.7 Å². The first kappa shape index (κ1) is 34.8. The van der Waals surface area contributed by atoms with Crippen molar-refractivity contribution < 1.29 is 57.9 Å². The van der Waals surface area contributed by atoms with E-state index in [1.807, 2.05) is 0 Å². The van der Waals surface area contributed by atoms with Crippen molar-refractivity contribution in [3.8, 4) is 0 Å². The van der Waals surface area contributed by atoms with Crippen LogP contribution in [0.1, 0.15) is 61.3 Å². The fourth-order valence-corrected chi connectivity index (χ4v) is 4.28. The number of carbonyl (C=O) groups excluding carboxylic acids is 5. The Kier molecular flexibility index (Phi) is 14.0. The first-order valence-corrected chi connectivity index (χ1v) is 13.1. The number of hydrogen-bond donors (Lipinski definition) is 2. The molecule has 1 aliphatic carbocycles. The number of carbonyl (C=O) groups is 5. The van der Waals surface area contributed by atoms with Crippen molar-refractivity contribution in [3.63, 3.8) is 0 Å². The lowest BCUT2D eigenvalue weighted by atomic mass is 9.79. The second kappa shape index (κ2) is 16.1. The maximum Gasteiger partial charge on any atom is 0.313 e. The smallest absolute Gasteiger partial charge is 0.313 e. The van der Waals surface area contributed by atoms with Crippen LogP contribution in [0.15, 0.2) is 23.8 Å². The van der Waals surface area contributed by atoms with Gasteiger partial charge in [-0.3, -0.25) is 24.0 Å². The molecule has 1 rings (SSSR count). The zero-order valence-electron chi connectivity index (χ0n) is 24.2. The van der Waals surface area contributed by atoms with Crippen molar-refractivity contribution in [1.82, 2.24) is 0 Å². The number of rotatable bonds is 10. The van der Waals surface area contributed by atoms with Gasteiger partial charge in [-0.2, -0.15) is 0 Å². The Morgan fingerprint density at radius 3 is 2.05 bits per heavy atom. The molecule has 40 heavy (non-hydrogen) atoms. The molecule has 1 aliphatic rings. The highest BCUT2D eigenvalue weighted by molar-refractivity contribution is 5.74. The monoisotopic (exact) mass is 570 g/mol. The van der Waals surface area contributed by atoms with Gasteiger partial charge in [0.2, 0.25) is 0 Å². The number of hydrogen-bond acceptors (Lipinski definition) is 12. The second-order valence-electron chi connectivity index (χ2n) is 10.2. The molecule has 0 spiro atoms. The van der Waals surface area contributed by atoms with Gasteiger partial charge in [0.15, 0.2) is 6.10 Å². The standard InChI is InChI=1S/C28H42O12/c1-14(12-36-18(5)29)23-11-26(40-28(35)15(2)17(4)38-20(7)31)16(3)27(39-21(8)32)25(34)10-22(9-24(23)33)13-37-19(6)30/h9,14-15,17,23-27,33-34H,3,10-13H2,1-2,4-8H3/b22-9+/t14-,15+,17+,23-,24-,25-,26-,27-/m0/s1. The van der Waals surface area contributed by atoms with Gasteiger partial charge in [-0.25, -0.2) is 0 Å². The largest absolute Gasteiger partial charge is 0.466 e.